The van der Waals surface area contributed by atoms with Gasteiger partial charge in [0.25, 0.3) is 5.91 Å². The van der Waals surface area contributed by atoms with E-state index < -0.39 is 10.0 Å². The van der Waals surface area contributed by atoms with Crippen molar-refractivity contribution in [3.05, 3.63) is 58.9 Å². The smallest absolute Gasteiger partial charge is 0.253 e. The number of halogens is 1. The molecule has 9 heteroatoms. The van der Waals surface area contributed by atoms with Gasteiger partial charge in [-0.05, 0) is 42.7 Å². The molecule has 4 rings (SSSR count). The van der Waals surface area contributed by atoms with Gasteiger partial charge in [-0.2, -0.15) is 4.31 Å². The fourth-order valence-electron chi connectivity index (χ4n) is 4.30. The van der Waals surface area contributed by atoms with Crippen LogP contribution in [-0.2, 0) is 16.6 Å². The molecule has 0 N–H and O–H groups in total. The van der Waals surface area contributed by atoms with E-state index in [0.29, 0.717) is 31.7 Å². The number of nitrogens with zero attached hydrogens (tertiary/aromatic N) is 4. The molecule has 3 heterocycles. The Morgan fingerprint density at radius 1 is 0.969 bits per heavy atom. The van der Waals surface area contributed by atoms with Crippen molar-refractivity contribution in [2.24, 2.45) is 0 Å². The summed E-state index contributed by atoms with van der Waals surface area (Å²) in [5, 5.41) is 0.159. The van der Waals surface area contributed by atoms with E-state index in [9.17, 15) is 13.2 Å². The van der Waals surface area contributed by atoms with Gasteiger partial charge in [0.1, 0.15) is 4.90 Å². The van der Waals surface area contributed by atoms with Crippen molar-refractivity contribution in [1.29, 1.82) is 0 Å². The lowest BCUT2D eigenvalue weighted by Crippen LogP contribution is -2.48. The van der Waals surface area contributed by atoms with Gasteiger partial charge in [-0.1, -0.05) is 30.5 Å². The highest BCUT2D eigenvalue weighted by Crippen LogP contribution is 2.28. The molecular weight excluding hydrogens is 448 g/mol. The van der Waals surface area contributed by atoms with Crippen molar-refractivity contribution >= 4 is 27.5 Å². The van der Waals surface area contributed by atoms with E-state index in [0.717, 1.165) is 50.9 Å². The number of amides is 1. The van der Waals surface area contributed by atoms with Crippen LogP contribution in [0.5, 0.6) is 0 Å². The summed E-state index contributed by atoms with van der Waals surface area (Å²) in [5.41, 5.74) is 1.51. The second-order valence-electron chi connectivity index (χ2n) is 8.39. The molecule has 0 radical (unpaired) electrons. The maximum atomic E-state index is 13.2. The van der Waals surface area contributed by atoms with Gasteiger partial charge in [0.2, 0.25) is 10.0 Å². The number of sulfonamides is 1. The van der Waals surface area contributed by atoms with Crippen molar-refractivity contribution in [2.45, 2.75) is 37.1 Å². The Hall–Kier alpha value is -2.00. The molecule has 0 aliphatic carbocycles. The molecule has 0 atom stereocenters. The van der Waals surface area contributed by atoms with Gasteiger partial charge in [0.15, 0.2) is 0 Å². The fourth-order valence-corrected chi connectivity index (χ4v) is 6.31. The second kappa shape index (κ2) is 10.3. The predicted molar refractivity (Wildman–Crippen MR) is 124 cm³/mol. The van der Waals surface area contributed by atoms with Crippen LogP contribution in [0.15, 0.2) is 47.6 Å². The number of carbonyl (C=O) groups excluding carboxylic acids is 1. The Kier molecular flexibility index (Phi) is 7.45. The van der Waals surface area contributed by atoms with E-state index in [-0.39, 0.29) is 15.8 Å². The van der Waals surface area contributed by atoms with Gasteiger partial charge >= 0.3 is 0 Å². The molecule has 0 saturated carbocycles. The van der Waals surface area contributed by atoms with Gasteiger partial charge in [-0.3, -0.25) is 14.7 Å². The Morgan fingerprint density at radius 3 is 2.34 bits per heavy atom. The maximum absolute atomic E-state index is 13.2. The van der Waals surface area contributed by atoms with Crippen molar-refractivity contribution in [3.63, 3.8) is 0 Å². The highest BCUT2D eigenvalue weighted by Gasteiger charge is 2.29. The Balaban J connectivity index is 1.44. The first-order chi connectivity index (χ1) is 15.4. The summed E-state index contributed by atoms with van der Waals surface area (Å²) >= 11 is 6.28. The third-order valence-corrected chi connectivity index (χ3v) is 8.53. The van der Waals surface area contributed by atoms with Gasteiger partial charge in [0.05, 0.1) is 5.02 Å². The lowest BCUT2D eigenvalue weighted by atomic mass is 10.1. The average molecular weight is 477 g/mol. The second-order valence-corrected chi connectivity index (χ2v) is 10.7. The molecule has 1 amide bonds. The van der Waals surface area contributed by atoms with Crippen molar-refractivity contribution in [1.82, 2.24) is 19.1 Å². The van der Waals surface area contributed by atoms with Crippen LogP contribution in [0, 0.1) is 0 Å². The number of piperazine rings is 1. The molecule has 2 aliphatic rings. The zero-order valence-corrected chi connectivity index (χ0v) is 19.7. The van der Waals surface area contributed by atoms with E-state index in [4.69, 9.17) is 11.6 Å². The van der Waals surface area contributed by atoms with Crippen LogP contribution in [0.25, 0.3) is 0 Å². The van der Waals surface area contributed by atoms with E-state index in [1.807, 2.05) is 18.3 Å². The van der Waals surface area contributed by atoms with Crippen LogP contribution in [0.3, 0.4) is 0 Å². The summed E-state index contributed by atoms with van der Waals surface area (Å²) in [7, 11) is -3.73. The fraction of sp³-hybridized carbons (Fsp3) is 0.478. The molecule has 32 heavy (non-hydrogen) atoms. The topological polar surface area (TPSA) is 73.8 Å². The monoisotopic (exact) mass is 476 g/mol. The van der Waals surface area contributed by atoms with E-state index in [1.165, 1.54) is 16.4 Å². The standard InChI is InChI=1S/C23H29ClN4O3S/c24-21-8-7-20(16-22(21)32(30,31)28-10-3-1-2-4-11-28)23(29)27-14-12-26(13-15-27)18-19-6-5-9-25-17-19/h5-9,16-17H,1-4,10-15,18H2. The Labute approximate surface area is 195 Å². The highest BCUT2D eigenvalue weighted by atomic mass is 35.5. The minimum absolute atomic E-state index is 0.0298. The van der Waals surface area contributed by atoms with Gasteiger partial charge in [-0.25, -0.2) is 8.42 Å². The third-order valence-electron chi connectivity index (χ3n) is 6.15. The molecule has 1 aromatic heterocycles. The van der Waals surface area contributed by atoms with Crippen LogP contribution in [0.4, 0.5) is 0 Å². The Bertz CT molecular complexity index is 1030. The zero-order chi connectivity index (χ0) is 22.6. The number of pyridine rings is 1. The molecule has 0 bridgehead atoms. The molecule has 2 saturated heterocycles. The minimum Gasteiger partial charge on any atom is -0.336 e. The van der Waals surface area contributed by atoms with Crippen LogP contribution in [-0.4, -0.2) is 72.7 Å². The number of rotatable bonds is 5. The minimum atomic E-state index is -3.73. The summed E-state index contributed by atoms with van der Waals surface area (Å²) < 4.78 is 28.0. The molecule has 2 fully saturated rings. The largest absolute Gasteiger partial charge is 0.336 e. The number of hydrogen-bond donors (Lipinski definition) is 0. The van der Waals surface area contributed by atoms with Crippen LogP contribution in [0.2, 0.25) is 5.02 Å². The third kappa shape index (κ3) is 5.31. The van der Waals surface area contributed by atoms with Crippen molar-refractivity contribution < 1.29 is 13.2 Å². The first-order valence-electron chi connectivity index (χ1n) is 11.2. The molecule has 1 aromatic carbocycles. The summed E-state index contributed by atoms with van der Waals surface area (Å²) in [6, 6.07) is 8.57. The number of aromatic nitrogens is 1. The molecular formula is C23H29ClN4O3S. The average Bonchev–Trinajstić information content (AvgIpc) is 3.10. The predicted octanol–water partition coefficient (Wildman–Crippen LogP) is 3.26. The van der Waals surface area contributed by atoms with Crippen LogP contribution >= 0.6 is 11.6 Å². The molecule has 172 valence electrons. The number of hydrogen-bond acceptors (Lipinski definition) is 5. The SMILES string of the molecule is O=C(c1ccc(Cl)c(S(=O)(=O)N2CCCCCC2)c1)N1CCN(Cc2cccnc2)CC1. The summed E-state index contributed by atoms with van der Waals surface area (Å²) in [6.45, 7) is 4.49. The normalized spacial score (nSPS) is 19.0. The van der Waals surface area contributed by atoms with Crippen molar-refractivity contribution in [3.8, 4) is 0 Å². The van der Waals surface area contributed by atoms with Gasteiger partial charge in [0, 0.05) is 63.8 Å². The first-order valence-corrected chi connectivity index (χ1v) is 13.0. The molecule has 2 aromatic rings. The Morgan fingerprint density at radius 2 is 1.69 bits per heavy atom. The van der Waals surface area contributed by atoms with Crippen LogP contribution < -0.4 is 0 Å². The molecule has 0 unspecified atom stereocenters. The van der Waals surface area contributed by atoms with Crippen molar-refractivity contribution in [2.75, 3.05) is 39.3 Å². The summed E-state index contributed by atoms with van der Waals surface area (Å²) in [5.74, 6) is -0.157. The first kappa shape index (κ1) is 23.2. The lowest BCUT2D eigenvalue weighted by Gasteiger charge is -2.34. The maximum Gasteiger partial charge on any atom is 0.253 e. The van der Waals surface area contributed by atoms with Gasteiger partial charge < -0.3 is 4.90 Å². The summed E-state index contributed by atoms with van der Waals surface area (Å²) in [4.78, 5) is 21.4. The molecule has 0 spiro atoms. The molecule has 2 aliphatic heterocycles. The number of benzene rings is 1. The zero-order valence-electron chi connectivity index (χ0n) is 18.1. The van der Waals surface area contributed by atoms with Gasteiger partial charge in [-0.15, -0.1) is 0 Å². The summed E-state index contributed by atoms with van der Waals surface area (Å²) in [6.07, 6.45) is 7.37. The van der Waals surface area contributed by atoms with E-state index >= 15 is 0 Å². The molecule has 7 nitrogen and oxygen atoms in total. The lowest BCUT2D eigenvalue weighted by molar-refractivity contribution is 0.0628. The number of carbonyl (C=O) groups is 1. The quantitative estimate of drug-likeness (QED) is 0.662. The highest BCUT2D eigenvalue weighted by molar-refractivity contribution is 7.89. The van der Waals surface area contributed by atoms with E-state index in [1.54, 1.807) is 17.2 Å². The van der Waals surface area contributed by atoms with E-state index in [2.05, 4.69) is 9.88 Å². The van der Waals surface area contributed by atoms with Crippen LogP contribution in [0.1, 0.15) is 41.6 Å².